The van der Waals surface area contributed by atoms with Crippen molar-refractivity contribution in [3.05, 3.63) is 59.2 Å². The maximum atomic E-state index is 9.98. The Morgan fingerprint density at radius 1 is 1.24 bits per heavy atom. The Bertz CT molecular complexity index is 720. The number of fused-ring (bicyclic) bond motifs is 1. The molecule has 2 heterocycles. The van der Waals surface area contributed by atoms with Gasteiger partial charge in [0.15, 0.2) is 0 Å². The lowest BCUT2D eigenvalue weighted by Crippen LogP contribution is -2.24. The van der Waals surface area contributed by atoms with Gasteiger partial charge in [0, 0.05) is 17.0 Å². The molecule has 0 saturated carbocycles. The summed E-state index contributed by atoms with van der Waals surface area (Å²) in [7, 11) is 0. The fraction of sp³-hybridized carbons (Fsp3) is 0.250. The van der Waals surface area contributed by atoms with Gasteiger partial charge in [0.25, 0.3) is 0 Å². The molecule has 3 aromatic rings. The van der Waals surface area contributed by atoms with E-state index < -0.39 is 6.10 Å². The number of rotatable bonds is 5. The van der Waals surface area contributed by atoms with Gasteiger partial charge in [0.1, 0.15) is 23.2 Å². The largest absolute Gasteiger partial charge is 0.467 e. The molecule has 0 saturated heterocycles. The van der Waals surface area contributed by atoms with Gasteiger partial charge < -0.3 is 19.3 Å². The highest BCUT2D eigenvalue weighted by Crippen LogP contribution is 2.26. The van der Waals surface area contributed by atoms with E-state index in [4.69, 9.17) is 20.4 Å². The van der Waals surface area contributed by atoms with Crippen molar-refractivity contribution in [1.29, 1.82) is 0 Å². The molecule has 4 nitrogen and oxygen atoms in total. The average Bonchev–Trinajstić information content (AvgIpc) is 3.12. The van der Waals surface area contributed by atoms with E-state index in [0.717, 1.165) is 16.7 Å². The molecule has 5 heteroatoms. The Morgan fingerprint density at radius 2 is 2.10 bits per heavy atom. The molecular formula is C16H16ClNO3. The van der Waals surface area contributed by atoms with Crippen LogP contribution in [0, 0.1) is 0 Å². The summed E-state index contributed by atoms with van der Waals surface area (Å²) in [5, 5.41) is 14.9. The summed E-state index contributed by atoms with van der Waals surface area (Å²) in [5.41, 5.74) is 0.801. The van der Waals surface area contributed by atoms with Crippen LogP contribution < -0.4 is 5.32 Å². The molecule has 0 radical (unpaired) electrons. The lowest BCUT2D eigenvalue weighted by Gasteiger charge is -2.14. The molecular weight excluding hydrogens is 290 g/mol. The maximum Gasteiger partial charge on any atom is 0.134 e. The van der Waals surface area contributed by atoms with Gasteiger partial charge in [-0.1, -0.05) is 11.6 Å². The molecule has 0 amide bonds. The number of benzene rings is 1. The Hall–Kier alpha value is -1.75. The summed E-state index contributed by atoms with van der Waals surface area (Å²) in [6, 6.07) is 11.0. The minimum Gasteiger partial charge on any atom is -0.467 e. The van der Waals surface area contributed by atoms with Crippen LogP contribution in [0.1, 0.15) is 30.6 Å². The number of hydrogen-bond acceptors (Lipinski definition) is 4. The van der Waals surface area contributed by atoms with Crippen molar-refractivity contribution in [1.82, 2.24) is 5.32 Å². The van der Waals surface area contributed by atoms with Crippen LogP contribution in [0.3, 0.4) is 0 Å². The molecule has 2 atom stereocenters. The SMILES string of the molecule is CC(NCC(O)c1ccco1)c1cc2cc(Cl)ccc2o1. The highest BCUT2D eigenvalue weighted by atomic mass is 35.5. The molecule has 0 spiro atoms. The van der Waals surface area contributed by atoms with Gasteiger partial charge in [-0.25, -0.2) is 0 Å². The predicted molar refractivity (Wildman–Crippen MR) is 81.3 cm³/mol. The van der Waals surface area contributed by atoms with Crippen molar-refractivity contribution < 1.29 is 13.9 Å². The topological polar surface area (TPSA) is 58.5 Å². The molecule has 1 aromatic carbocycles. The zero-order chi connectivity index (χ0) is 14.8. The number of nitrogens with one attached hydrogen (secondary N) is 1. The van der Waals surface area contributed by atoms with E-state index in [1.807, 2.05) is 25.1 Å². The standard InChI is InChI=1S/C16H16ClNO3/c1-10(18-9-13(19)15-3-2-6-20-15)16-8-11-7-12(17)4-5-14(11)21-16/h2-8,10,13,18-19H,9H2,1H3. The predicted octanol–water partition coefficient (Wildman–Crippen LogP) is 4.06. The van der Waals surface area contributed by atoms with Gasteiger partial charge in [0.2, 0.25) is 0 Å². The summed E-state index contributed by atoms with van der Waals surface area (Å²) in [4.78, 5) is 0. The Kier molecular flexibility index (Phi) is 4.01. The van der Waals surface area contributed by atoms with E-state index in [0.29, 0.717) is 17.3 Å². The third kappa shape index (κ3) is 3.13. The molecule has 0 aliphatic carbocycles. The fourth-order valence-corrected chi connectivity index (χ4v) is 2.40. The second-order valence-electron chi connectivity index (χ2n) is 4.99. The lowest BCUT2D eigenvalue weighted by molar-refractivity contribution is 0.143. The van der Waals surface area contributed by atoms with Crippen LogP contribution in [0.5, 0.6) is 0 Å². The highest BCUT2D eigenvalue weighted by molar-refractivity contribution is 6.31. The third-order valence-corrected chi connectivity index (χ3v) is 3.65. The van der Waals surface area contributed by atoms with Crippen LogP contribution in [-0.4, -0.2) is 11.7 Å². The van der Waals surface area contributed by atoms with Crippen molar-refractivity contribution in [2.75, 3.05) is 6.54 Å². The molecule has 0 fully saturated rings. The van der Waals surface area contributed by atoms with Crippen molar-refractivity contribution in [3.63, 3.8) is 0 Å². The van der Waals surface area contributed by atoms with E-state index in [9.17, 15) is 5.11 Å². The smallest absolute Gasteiger partial charge is 0.134 e. The van der Waals surface area contributed by atoms with Crippen LogP contribution >= 0.6 is 11.6 Å². The number of aliphatic hydroxyl groups excluding tert-OH is 1. The maximum absolute atomic E-state index is 9.98. The molecule has 0 aliphatic heterocycles. The first-order chi connectivity index (χ1) is 10.1. The van der Waals surface area contributed by atoms with Crippen molar-refractivity contribution >= 4 is 22.6 Å². The lowest BCUT2D eigenvalue weighted by atomic mass is 10.2. The normalized spacial score (nSPS) is 14.4. The number of furan rings is 2. The minimum absolute atomic E-state index is 0.0270. The second-order valence-corrected chi connectivity index (χ2v) is 5.43. The van der Waals surface area contributed by atoms with Crippen molar-refractivity contribution in [2.24, 2.45) is 0 Å². The zero-order valence-corrected chi connectivity index (χ0v) is 12.3. The number of hydrogen-bond donors (Lipinski definition) is 2. The molecule has 3 rings (SSSR count). The summed E-state index contributed by atoms with van der Waals surface area (Å²) >= 11 is 5.97. The summed E-state index contributed by atoms with van der Waals surface area (Å²) < 4.78 is 10.9. The van der Waals surface area contributed by atoms with E-state index >= 15 is 0 Å². The zero-order valence-electron chi connectivity index (χ0n) is 11.5. The first-order valence-corrected chi connectivity index (χ1v) is 7.15. The number of halogens is 1. The summed E-state index contributed by atoms with van der Waals surface area (Å²) in [6.45, 7) is 2.36. The molecule has 0 bridgehead atoms. The third-order valence-electron chi connectivity index (χ3n) is 3.41. The van der Waals surface area contributed by atoms with Crippen LogP contribution in [0.15, 0.2) is 51.5 Å². The summed E-state index contributed by atoms with van der Waals surface area (Å²) in [6.07, 6.45) is 0.867. The van der Waals surface area contributed by atoms with Gasteiger partial charge in [-0.3, -0.25) is 0 Å². The average molecular weight is 306 g/mol. The van der Waals surface area contributed by atoms with Crippen LogP contribution in [-0.2, 0) is 0 Å². The molecule has 21 heavy (non-hydrogen) atoms. The fourth-order valence-electron chi connectivity index (χ4n) is 2.22. The molecule has 110 valence electrons. The van der Waals surface area contributed by atoms with E-state index in [1.54, 1.807) is 24.5 Å². The quantitative estimate of drug-likeness (QED) is 0.746. The monoisotopic (exact) mass is 305 g/mol. The van der Waals surface area contributed by atoms with Gasteiger partial charge in [0.05, 0.1) is 12.3 Å². The number of aliphatic hydroxyl groups is 1. The highest BCUT2D eigenvalue weighted by Gasteiger charge is 2.15. The molecule has 2 N–H and O–H groups in total. The van der Waals surface area contributed by atoms with Crippen LogP contribution in [0.4, 0.5) is 0 Å². The Morgan fingerprint density at radius 3 is 2.86 bits per heavy atom. The van der Waals surface area contributed by atoms with E-state index in [2.05, 4.69) is 5.32 Å². The first kappa shape index (κ1) is 14.2. The van der Waals surface area contributed by atoms with Crippen molar-refractivity contribution in [2.45, 2.75) is 19.1 Å². The second kappa shape index (κ2) is 5.93. The van der Waals surface area contributed by atoms with E-state index in [-0.39, 0.29) is 6.04 Å². The molecule has 0 aliphatic rings. The van der Waals surface area contributed by atoms with Gasteiger partial charge >= 0.3 is 0 Å². The van der Waals surface area contributed by atoms with Gasteiger partial charge in [-0.2, -0.15) is 0 Å². The van der Waals surface area contributed by atoms with Crippen LogP contribution in [0.25, 0.3) is 11.0 Å². The molecule has 2 unspecified atom stereocenters. The minimum atomic E-state index is -0.679. The van der Waals surface area contributed by atoms with Gasteiger partial charge in [-0.05, 0) is 43.3 Å². The Labute approximate surface area is 127 Å². The molecule has 2 aromatic heterocycles. The summed E-state index contributed by atoms with van der Waals surface area (Å²) in [5.74, 6) is 1.35. The first-order valence-electron chi connectivity index (χ1n) is 6.77. The van der Waals surface area contributed by atoms with Crippen LogP contribution in [0.2, 0.25) is 5.02 Å². The van der Waals surface area contributed by atoms with E-state index in [1.165, 1.54) is 0 Å². The Balaban J connectivity index is 1.67. The van der Waals surface area contributed by atoms with Gasteiger partial charge in [-0.15, -0.1) is 0 Å². The van der Waals surface area contributed by atoms with Crippen molar-refractivity contribution in [3.8, 4) is 0 Å².